The molecule has 146 valence electrons. The number of anilines is 1. The lowest BCUT2D eigenvalue weighted by Crippen LogP contribution is -2.14. The average molecular weight is 385 g/mol. The zero-order chi connectivity index (χ0) is 20.4. The highest BCUT2D eigenvalue weighted by molar-refractivity contribution is 5.86. The van der Waals surface area contributed by atoms with Gasteiger partial charge in [0.25, 0.3) is 0 Å². The Kier molecular flexibility index (Phi) is 5.04. The van der Waals surface area contributed by atoms with Gasteiger partial charge < -0.3 is 15.2 Å². The van der Waals surface area contributed by atoms with Crippen molar-refractivity contribution in [3.63, 3.8) is 0 Å². The summed E-state index contributed by atoms with van der Waals surface area (Å²) < 4.78 is 5.29. The van der Waals surface area contributed by atoms with E-state index in [2.05, 4.69) is 15.3 Å². The lowest BCUT2D eigenvalue weighted by molar-refractivity contribution is 0.414. The fourth-order valence-corrected chi connectivity index (χ4v) is 3.43. The first kappa shape index (κ1) is 18.7. The number of aryl methyl sites for hydroxylation is 2. The molecule has 2 aromatic carbocycles. The van der Waals surface area contributed by atoms with E-state index in [4.69, 9.17) is 4.74 Å². The van der Waals surface area contributed by atoms with Crippen molar-refractivity contribution in [3.8, 4) is 11.5 Å². The van der Waals surface area contributed by atoms with Crippen molar-refractivity contribution in [1.82, 2.24) is 9.97 Å². The first-order valence-corrected chi connectivity index (χ1v) is 9.48. The molecule has 0 spiro atoms. The van der Waals surface area contributed by atoms with Crippen molar-refractivity contribution < 1.29 is 9.84 Å². The molecule has 0 fully saturated rings. The maximum atomic E-state index is 11.1. The molecule has 0 aliphatic carbocycles. The topological polar surface area (TPSA) is 67.3 Å². The Morgan fingerprint density at radius 2 is 1.59 bits per heavy atom. The molecule has 1 atom stereocenters. The third-order valence-electron chi connectivity index (χ3n) is 4.95. The molecule has 0 radical (unpaired) electrons. The summed E-state index contributed by atoms with van der Waals surface area (Å²) in [6.07, 6.45) is 0. The Morgan fingerprint density at radius 1 is 0.862 bits per heavy atom. The second-order valence-corrected chi connectivity index (χ2v) is 7.04. The lowest BCUT2D eigenvalue weighted by Gasteiger charge is -2.22. The predicted octanol–water partition coefficient (Wildman–Crippen LogP) is 5.16. The number of fused-ring (bicyclic) bond motifs is 1. The van der Waals surface area contributed by atoms with Gasteiger partial charge in [-0.05, 0) is 49.7 Å². The fourth-order valence-electron chi connectivity index (χ4n) is 3.43. The minimum absolute atomic E-state index is 0.173. The third kappa shape index (κ3) is 3.85. The molecule has 0 unspecified atom stereocenters. The molecule has 0 bridgehead atoms. The SMILES string of the molecule is COc1ccc([C@H](Nc2cccc(C)n2)c2ccc3ccc(C)nc3c2O)cc1. The van der Waals surface area contributed by atoms with Crippen molar-refractivity contribution in [2.24, 2.45) is 0 Å². The second-order valence-electron chi connectivity index (χ2n) is 7.04. The van der Waals surface area contributed by atoms with Gasteiger partial charge in [-0.3, -0.25) is 0 Å². The monoisotopic (exact) mass is 385 g/mol. The van der Waals surface area contributed by atoms with Crippen LogP contribution in [0.5, 0.6) is 11.5 Å². The molecule has 5 nitrogen and oxygen atoms in total. The van der Waals surface area contributed by atoms with Gasteiger partial charge in [0, 0.05) is 22.3 Å². The molecule has 2 aromatic heterocycles. The van der Waals surface area contributed by atoms with E-state index in [0.717, 1.165) is 39.5 Å². The van der Waals surface area contributed by atoms with Gasteiger partial charge in [-0.2, -0.15) is 0 Å². The number of nitrogens with zero attached hydrogens (tertiary/aromatic N) is 2. The Labute approximate surface area is 170 Å². The Balaban J connectivity index is 1.84. The average Bonchev–Trinajstić information content (AvgIpc) is 2.73. The van der Waals surface area contributed by atoms with Crippen LogP contribution in [0.25, 0.3) is 10.9 Å². The van der Waals surface area contributed by atoms with Crippen molar-refractivity contribution in [1.29, 1.82) is 0 Å². The number of pyridine rings is 2. The third-order valence-corrected chi connectivity index (χ3v) is 4.95. The summed E-state index contributed by atoms with van der Waals surface area (Å²) in [7, 11) is 1.64. The molecule has 29 heavy (non-hydrogen) atoms. The van der Waals surface area contributed by atoms with Gasteiger partial charge >= 0.3 is 0 Å². The Morgan fingerprint density at radius 3 is 2.31 bits per heavy atom. The van der Waals surface area contributed by atoms with Crippen LogP contribution in [0.1, 0.15) is 28.6 Å². The highest BCUT2D eigenvalue weighted by atomic mass is 16.5. The van der Waals surface area contributed by atoms with Gasteiger partial charge in [0.15, 0.2) is 0 Å². The zero-order valence-electron chi connectivity index (χ0n) is 16.7. The van der Waals surface area contributed by atoms with Crippen LogP contribution < -0.4 is 10.1 Å². The van der Waals surface area contributed by atoms with Crippen LogP contribution >= 0.6 is 0 Å². The van der Waals surface area contributed by atoms with Gasteiger partial charge in [-0.1, -0.05) is 36.4 Å². The van der Waals surface area contributed by atoms with Crippen molar-refractivity contribution >= 4 is 16.7 Å². The summed E-state index contributed by atoms with van der Waals surface area (Å²) in [4.78, 5) is 9.12. The molecule has 2 heterocycles. The van der Waals surface area contributed by atoms with Crippen LogP contribution in [0, 0.1) is 13.8 Å². The van der Waals surface area contributed by atoms with Crippen molar-refractivity contribution in [3.05, 3.63) is 89.2 Å². The molecule has 0 saturated heterocycles. The van der Waals surface area contributed by atoms with E-state index in [0.29, 0.717) is 5.52 Å². The molecule has 0 saturated carbocycles. The molecule has 0 aliphatic rings. The number of nitrogens with one attached hydrogen (secondary N) is 1. The van der Waals surface area contributed by atoms with Crippen molar-refractivity contribution in [2.45, 2.75) is 19.9 Å². The number of rotatable bonds is 5. The summed E-state index contributed by atoms with van der Waals surface area (Å²) in [5.41, 5.74) is 4.10. The van der Waals surface area contributed by atoms with Gasteiger partial charge in [-0.25, -0.2) is 9.97 Å². The van der Waals surface area contributed by atoms with Gasteiger partial charge in [0.05, 0.1) is 13.2 Å². The molecular formula is C24H23N3O2. The predicted molar refractivity (Wildman–Crippen MR) is 116 cm³/mol. The quantitative estimate of drug-likeness (QED) is 0.496. The van der Waals surface area contributed by atoms with E-state index in [1.165, 1.54) is 0 Å². The van der Waals surface area contributed by atoms with Crippen LogP contribution in [0.15, 0.2) is 66.7 Å². The summed E-state index contributed by atoms with van der Waals surface area (Å²) >= 11 is 0. The first-order chi connectivity index (χ1) is 14.0. The highest BCUT2D eigenvalue weighted by Crippen LogP contribution is 2.36. The van der Waals surface area contributed by atoms with Crippen LogP contribution in [0.2, 0.25) is 0 Å². The fraction of sp³-hybridized carbons (Fsp3) is 0.167. The van der Waals surface area contributed by atoms with Crippen LogP contribution in [0.4, 0.5) is 5.82 Å². The largest absolute Gasteiger partial charge is 0.505 e. The molecular weight excluding hydrogens is 362 g/mol. The van der Waals surface area contributed by atoms with Crippen molar-refractivity contribution in [2.75, 3.05) is 12.4 Å². The first-order valence-electron chi connectivity index (χ1n) is 9.48. The van der Waals surface area contributed by atoms with Crippen LogP contribution in [-0.4, -0.2) is 22.2 Å². The molecule has 4 aromatic rings. The normalized spacial score (nSPS) is 12.0. The molecule has 4 rings (SSSR count). The molecule has 2 N–H and O–H groups in total. The zero-order valence-corrected chi connectivity index (χ0v) is 16.7. The van der Waals surface area contributed by atoms with E-state index in [1.807, 2.05) is 80.6 Å². The van der Waals surface area contributed by atoms with Gasteiger partial charge in [0.2, 0.25) is 0 Å². The number of ether oxygens (including phenoxy) is 1. The number of benzene rings is 2. The van der Waals surface area contributed by atoms with E-state index >= 15 is 0 Å². The number of aromatic hydroxyl groups is 1. The van der Waals surface area contributed by atoms with E-state index in [1.54, 1.807) is 7.11 Å². The minimum atomic E-state index is -0.304. The number of hydrogen-bond acceptors (Lipinski definition) is 5. The van der Waals surface area contributed by atoms with Crippen LogP contribution in [-0.2, 0) is 0 Å². The van der Waals surface area contributed by atoms with Gasteiger partial charge in [0.1, 0.15) is 22.8 Å². The minimum Gasteiger partial charge on any atom is -0.505 e. The van der Waals surface area contributed by atoms with Crippen LogP contribution in [0.3, 0.4) is 0 Å². The standard InChI is InChI=1S/C24H23N3O2/c1-15-5-4-6-21(25-15)27-22(17-9-12-19(29-3)13-10-17)20-14-11-18-8-7-16(2)26-23(18)24(20)28/h4-14,22,28H,1-3H3,(H,25,27)/t22-/m0/s1. The number of methoxy groups -OCH3 is 1. The maximum absolute atomic E-state index is 11.1. The lowest BCUT2D eigenvalue weighted by atomic mass is 9.96. The van der Waals surface area contributed by atoms with E-state index in [-0.39, 0.29) is 11.8 Å². The smallest absolute Gasteiger partial charge is 0.147 e. The number of aromatic nitrogens is 2. The van der Waals surface area contributed by atoms with E-state index < -0.39 is 0 Å². The maximum Gasteiger partial charge on any atom is 0.147 e. The molecule has 5 heteroatoms. The van der Waals surface area contributed by atoms with E-state index in [9.17, 15) is 5.11 Å². The second kappa shape index (κ2) is 7.80. The summed E-state index contributed by atoms with van der Waals surface area (Å²) in [6.45, 7) is 3.87. The molecule has 0 amide bonds. The summed E-state index contributed by atoms with van der Waals surface area (Å²) in [6, 6.07) is 21.2. The number of phenolic OH excluding ortho intramolecular Hbond substituents is 1. The molecule has 0 aliphatic heterocycles. The summed E-state index contributed by atoms with van der Waals surface area (Å²) in [5, 5.41) is 15.5. The Bertz CT molecular complexity index is 1160. The highest BCUT2D eigenvalue weighted by Gasteiger charge is 2.20. The number of phenols is 1. The summed E-state index contributed by atoms with van der Waals surface area (Å²) in [5.74, 6) is 1.69. The Hall–Kier alpha value is -3.60. The number of hydrogen-bond donors (Lipinski definition) is 2. The van der Waals surface area contributed by atoms with Gasteiger partial charge in [-0.15, -0.1) is 0 Å².